The lowest BCUT2D eigenvalue weighted by atomic mass is 10.2. The molecule has 1 aromatic rings. The van der Waals surface area contributed by atoms with Crippen molar-refractivity contribution < 1.29 is 0 Å². The third-order valence-electron chi connectivity index (χ3n) is 2.03. The first kappa shape index (κ1) is 11.9. The first-order valence-electron chi connectivity index (χ1n) is 4.88. The molecule has 1 atom stereocenters. The van der Waals surface area contributed by atoms with E-state index in [1.54, 1.807) is 4.08 Å². The number of anilines is 1. The molecule has 0 amide bonds. The molecule has 5 heteroatoms. The van der Waals surface area contributed by atoms with Gasteiger partial charge in [-0.2, -0.15) is 5.10 Å². The Morgan fingerprint density at radius 2 is 2.29 bits per heavy atom. The van der Waals surface area contributed by atoms with Gasteiger partial charge in [0.2, 0.25) is 0 Å². The van der Waals surface area contributed by atoms with Crippen LogP contribution >= 0.6 is 22.2 Å². The fourth-order valence-corrected chi connectivity index (χ4v) is 1.64. The summed E-state index contributed by atoms with van der Waals surface area (Å²) >= 11 is 4.21. The summed E-state index contributed by atoms with van der Waals surface area (Å²) in [5.74, 6) is 0.885. The predicted molar refractivity (Wildman–Crippen MR) is 67.8 cm³/mol. The van der Waals surface area contributed by atoms with Crippen molar-refractivity contribution in [2.24, 2.45) is 0 Å². The standard InChI is InChI=1S/C9H18N3PS/c1-4-5-8-6-9(12(13)14)10-11(8)7(2)3/h6-7,14H,4-5,13H2,1-3H3. The highest BCUT2D eigenvalue weighted by Gasteiger charge is 2.10. The topological polar surface area (TPSA) is 21.1 Å². The molecule has 0 aromatic carbocycles. The maximum absolute atomic E-state index is 4.47. The molecule has 1 aromatic heterocycles. The molecular weight excluding hydrogens is 213 g/mol. The summed E-state index contributed by atoms with van der Waals surface area (Å²) in [5, 5.41) is 4.47. The summed E-state index contributed by atoms with van der Waals surface area (Å²) in [7, 11) is 2.50. The molecule has 0 aliphatic carbocycles. The normalized spacial score (nSPS) is 11.0. The third kappa shape index (κ3) is 2.64. The molecule has 80 valence electrons. The number of thiol groups is 1. The van der Waals surface area contributed by atoms with Crippen LogP contribution in [0.15, 0.2) is 6.07 Å². The lowest BCUT2D eigenvalue weighted by Crippen LogP contribution is -2.07. The molecule has 1 heterocycles. The molecule has 0 aliphatic rings. The van der Waals surface area contributed by atoms with E-state index >= 15 is 0 Å². The van der Waals surface area contributed by atoms with Crippen molar-refractivity contribution in [1.82, 2.24) is 9.78 Å². The molecule has 0 fully saturated rings. The van der Waals surface area contributed by atoms with Crippen molar-refractivity contribution in [3.05, 3.63) is 11.8 Å². The van der Waals surface area contributed by atoms with E-state index < -0.39 is 0 Å². The van der Waals surface area contributed by atoms with Gasteiger partial charge in [-0.1, -0.05) is 26.2 Å². The van der Waals surface area contributed by atoms with Crippen molar-refractivity contribution in [3.8, 4) is 0 Å². The van der Waals surface area contributed by atoms with Gasteiger partial charge in [0, 0.05) is 17.8 Å². The first-order valence-corrected chi connectivity index (χ1v) is 5.80. The highest BCUT2D eigenvalue weighted by Crippen LogP contribution is 2.22. The fraction of sp³-hybridized carbons (Fsp3) is 0.667. The van der Waals surface area contributed by atoms with Gasteiger partial charge >= 0.3 is 0 Å². The van der Waals surface area contributed by atoms with Crippen LogP contribution in [-0.2, 0) is 6.42 Å². The number of hydrogen-bond donors (Lipinski definition) is 1. The summed E-state index contributed by atoms with van der Waals surface area (Å²) < 4.78 is 3.73. The average molecular weight is 231 g/mol. The van der Waals surface area contributed by atoms with Gasteiger partial charge in [-0.15, -0.1) is 0 Å². The molecule has 0 N–H and O–H groups in total. The lowest BCUT2D eigenvalue weighted by molar-refractivity contribution is 0.508. The number of nitrogens with zero attached hydrogens (tertiary/aromatic N) is 3. The minimum Gasteiger partial charge on any atom is -0.286 e. The van der Waals surface area contributed by atoms with Gasteiger partial charge in [0.1, 0.15) is 0 Å². The molecule has 0 radical (unpaired) electrons. The molecule has 3 nitrogen and oxygen atoms in total. The van der Waals surface area contributed by atoms with E-state index in [0.29, 0.717) is 6.04 Å². The quantitative estimate of drug-likeness (QED) is 0.635. The van der Waals surface area contributed by atoms with Crippen LogP contribution in [0.1, 0.15) is 38.9 Å². The summed E-state index contributed by atoms with van der Waals surface area (Å²) in [5.41, 5.74) is 1.28. The Labute approximate surface area is 93.7 Å². The monoisotopic (exact) mass is 231 g/mol. The molecule has 0 saturated carbocycles. The van der Waals surface area contributed by atoms with E-state index in [-0.39, 0.29) is 0 Å². The van der Waals surface area contributed by atoms with Gasteiger partial charge in [0.25, 0.3) is 0 Å². The number of aryl methyl sites for hydroxylation is 1. The van der Waals surface area contributed by atoms with Crippen LogP contribution in [0, 0.1) is 0 Å². The summed E-state index contributed by atoms with van der Waals surface area (Å²) in [6.45, 7) is 6.46. The van der Waals surface area contributed by atoms with E-state index in [1.165, 1.54) is 5.69 Å². The zero-order valence-electron chi connectivity index (χ0n) is 8.94. The highest BCUT2D eigenvalue weighted by atomic mass is 32.1. The second kappa shape index (κ2) is 5.04. The molecule has 1 unspecified atom stereocenters. The molecule has 0 aliphatic heterocycles. The zero-order chi connectivity index (χ0) is 10.7. The van der Waals surface area contributed by atoms with Crippen LogP contribution in [0.5, 0.6) is 0 Å². The van der Waals surface area contributed by atoms with Crippen molar-refractivity contribution in [2.45, 2.75) is 39.7 Å². The number of rotatable bonds is 4. The summed E-state index contributed by atoms with van der Waals surface area (Å²) in [6, 6.07) is 2.49. The zero-order valence-corrected chi connectivity index (χ0v) is 11.0. The molecule has 1 rings (SSSR count). The summed E-state index contributed by atoms with van der Waals surface area (Å²) in [6.07, 6.45) is 2.21. The number of aromatic nitrogens is 2. The third-order valence-corrected chi connectivity index (χ3v) is 2.50. The van der Waals surface area contributed by atoms with Crippen LogP contribution in [-0.4, -0.2) is 9.78 Å². The Morgan fingerprint density at radius 3 is 2.71 bits per heavy atom. The molecule has 0 bridgehead atoms. The lowest BCUT2D eigenvalue weighted by Gasteiger charge is -2.10. The van der Waals surface area contributed by atoms with Crippen LogP contribution in [0.4, 0.5) is 5.82 Å². The van der Waals surface area contributed by atoms with Crippen molar-refractivity contribution in [3.63, 3.8) is 0 Å². The maximum atomic E-state index is 4.47. The number of hydrogen-bond acceptors (Lipinski definition) is 3. The van der Waals surface area contributed by atoms with Crippen LogP contribution in [0.3, 0.4) is 0 Å². The van der Waals surface area contributed by atoms with Gasteiger partial charge in [-0.25, -0.2) is 0 Å². The van der Waals surface area contributed by atoms with Crippen molar-refractivity contribution in [2.75, 3.05) is 4.08 Å². The second-order valence-corrected chi connectivity index (χ2v) is 5.01. The fourth-order valence-electron chi connectivity index (χ4n) is 1.42. The Morgan fingerprint density at radius 1 is 1.64 bits per heavy atom. The van der Waals surface area contributed by atoms with E-state index in [9.17, 15) is 0 Å². The van der Waals surface area contributed by atoms with Crippen molar-refractivity contribution in [1.29, 1.82) is 0 Å². The minimum atomic E-state index is 0.406. The molecule has 0 saturated heterocycles. The maximum Gasteiger partial charge on any atom is 0.163 e. The highest BCUT2D eigenvalue weighted by molar-refractivity contribution is 7.86. The van der Waals surface area contributed by atoms with E-state index in [2.05, 4.69) is 58.8 Å². The first-order chi connectivity index (χ1) is 6.56. The Balaban J connectivity index is 2.99. The van der Waals surface area contributed by atoms with Gasteiger partial charge in [0.15, 0.2) is 5.82 Å². The SMILES string of the molecule is CCCc1cc(N(P)S)nn1C(C)C. The predicted octanol–water partition coefficient (Wildman–Crippen LogP) is 2.86. The average Bonchev–Trinajstić information content (AvgIpc) is 2.49. The summed E-state index contributed by atoms with van der Waals surface area (Å²) in [4.78, 5) is 0. The van der Waals surface area contributed by atoms with Crippen molar-refractivity contribution >= 4 is 28.0 Å². The van der Waals surface area contributed by atoms with Crippen LogP contribution in [0.2, 0.25) is 0 Å². The van der Waals surface area contributed by atoms with Crippen LogP contribution < -0.4 is 4.08 Å². The van der Waals surface area contributed by atoms with E-state index in [1.807, 2.05) is 0 Å². The van der Waals surface area contributed by atoms with E-state index in [4.69, 9.17) is 0 Å². The van der Waals surface area contributed by atoms with Gasteiger partial charge in [-0.3, -0.25) is 8.76 Å². The molecule has 14 heavy (non-hydrogen) atoms. The Hall–Kier alpha value is -0.210. The largest absolute Gasteiger partial charge is 0.286 e. The van der Waals surface area contributed by atoms with Gasteiger partial charge in [-0.05, 0) is 29.7 Å². The Bertz CT molecular complexity index is 296. The smallest absolute Gasteiger partial charge is 0.163 e. The second-order valence-electron chi connectivity index (χ2n) is 3.63. The molecule has 0 spiro atoms. The minimum absolute atomic E-state index is 0.406. The molecular formula is C9H18N3PS. The van der Waals surface area contributed by atoms with Crippen LogP contribution in [0.25, 0.3) is 0 Å². The Kier molecular flexibility index (Phi) is 4.27. The van der Waals surface area contributed by atoms with Gasteiger partial charge in [0.05, 0.1) is 0 Å². The van der Waals surface area contributed by atoms with E-state index in [0.717, 1.165) is 18.7 Å². The van der Waals surface area contributed by atoms with Gasteiger partial charge < -0.3 is 0 Å².